The monoisotopic (exact) mass is 307 g/mol. The van der Waals surface area contributed by atoms with Crippen LogP contribution in [0, 0.1) is 12.8 Å². The zero-order chi connectivity index (χ0) is 14.5. The summed E-state index contributed by atoms with van der Waals surface area (Å²) in [5.41, 5.74) is 1.29. The summed E-state index contributed by atoms with van der Waals surface area (Å²) in [6.07, 6.45) is 0. The minimum atomic E-state index is 0.669. The molecule has 0 atom stereocenters. The third-order valence-electron chi connectivity index (χ3n) is 2.86. The van der Waals surface area contributed by atoms with Crippen molar-refractivity contribution in [2.24, 2.45) is 13.0 Å². The van der Waals surface area contributed by atoms with Crippen LogP contribution in [0.3, 0.4) is 0 Å². The van der Waals surface area contributed by atoms with Crippen LogP contribution in [-0.4, -0.2) is 20.5 Å². The SMILES string of the molecule is Cc1ccc(SCc2nnc(SCC(C)C)n2C)cc1. The second-order valence-corrected chi connectivity index (χ2v) is 7.30. The van der Waals surface area contributed by atoms with E-state index in [-0.39, 0.29) is 0 Å². The quantitative estimate of drug-likeness (QED) is 0.750. The molecule has 0 aliphatic rings. The highest BCUT2D eigenvalue weighted by Gasteiger charge is 2.10. The number of hydrogen-bond acceptors (Lipinski definition) is 4. The summed E-state index contributed by atoms with van der Waals surface area (Å²) in [7, 11) is 2.05. The van der Waals surface area contributed by atoms with Crippen molar-refractivity contribution in [3.63, 3.8) is 0 Å². The number of aryl methyl sites for hydroxylation is 1. The molecule has 3 nitrogen and oxygen atoms in total. The minimum absolute atomic E-state index is 0.669. The predicted octanol–water partition coefficient (Wildman–Crippen LogP) is 4.16. The Kier molecular flexibility index (Phi) is 5.54. The third-order valence-corrected chi connectivity index (χ3v) is 5.31. The lowest BCUT2D eigenvalue weighted by molar-refractivity contribution is 0.732. The molecule has 0 unspecified atom stereocenters. The van der Waals surface area contributed by atoms with E-state index in [1.165, 1.54) is 10.5 Å². The van der Waals surface area contributed by atoms with Crippen LogP contribution in [0.5, 0.6) is 0 Å². The summed E-state index contributed by atoms with van der Waals surface area (Å²) < 4.78 is 2.11. The topological polar surface area (TPSA) is 30.7 Å². The van der Waals surface area contributed by atoms with Crippen molar-refractivity contribution >= 4 is 23.5 Å². The van der Waals surface area contributed by atoms with Crippen LogP contribution < -0.4 is 0 Å². The minimum Gasteiger partial charge on any atom is -0.308 e. The van der Waals surface area contributed by atoms with E-state index < -0.39 is 0 Å². The number of hydrogen-bond donors (Lipinski definition) is 0. The van der Waals surface area contributed by atoms with E-state index in [1.54, 1.807) is 23.5 Å². The van der Waals surface area contributed by atoms with Crippen molar-refractivity contribution in [1.82, 2.24) is 14.8 Å². The standard InChI is InChI=1S/C15H21N3S2/c1-11(2)9-20-15-17-16-14(18(15)4)10-19-13-7-5-12(3)6-8-13/h5-8,11H,9-10H2,1-4H3. The van der Waals surface area contributed by atoms with E-state index in [0.717, 1.165) is 22.5 Å². The summed E-state index contributed by atoms with van der Waals surface area (Å²) in [6.45, 7) is 6.55. The first-order valence-corrected chi connectivity index (χ1v) is 8.74. The van der Waals surface area contributed by atoms with E-state index >= 15 is 0 Å². The van der Waals surface area contributed by atoms with Gasteiger partial charge in [0.05, 0.1) is 5.75 Å². The molecular formula is C15H21N3S2. The lowest BCUT2D eigenvalue weighted by Crippen LogP contribution is -1.99. The molecule has 0 radical (unpaired) electrons. The molecule has 0 amide bonds. The molecule has 0 N–H and O–H groups in total. The van der Waals surface area contributed by atoms with Crippen molar-refractivity contribution in [3.05, 3.63) is 35.7 Å². The fraction of sp³-hybridized carbons (Fsp3) is 0.467. The van der Waals surface area contributed by atoms with Crippen LogP contribution in [0.2, 0.25) is 0 Å². The number of aromatic nitrogens is 3. The molecule has 20 heavy (non-hydrogen) atoms. The van der Waals surface area contributed by atoms with Crippen molar-refractivity contribution in [2.75, 3.05) is 5.75 Å². The molecule has 0 saturated carbocycles. The molecule has 0 aliphatic carbocycles. The Hall–Kier alpha value is -0.940. The Bertz CT molecular complexity index is 547. The molecule has 1 aromatic carbocycles. The van der Waals surface area contributed by atoms with Gasteiger partial charge in [0.25, 0.3) is 0 Å². The summed E-state index contributed by atoms with van der Waals surface area (Å²) >= 11 is 3.58. The van der Waals surface area contributed by atoms with Gasteiger partial charge in [-0.1, -0.05) is 43.3 Å². The fourth-order valence-corrected chi connectivity index (χ4v) is 3.38. The van der Waals surface area contributed by atoms with Crippen molar-refractivity contribution in [2.45, 2.75) is 36.6 Å². The average Bonchev–Trinajstić information content (AvgIpc) is 2.77. The normalized spacial score (nSPS) is 11.2. The Morgan fingerprint density at radius 2 is 1.80 bits per heavy atom. The highest BCUT2D eigenvalue weighted by Crippen LogP contribution is 2.24. The van der Waals surface area contributed by atoms with E-state index in [1.807, 2.05) is 7.05 Å². The molecule has 1 heterocycles. The largest absolute Gasteiger partial charge is 0.308 e. The molecule has 0 fully saturated rings. The maximum Gasteiger partial charge on any atom is 0.190 e. The molecule has 2 aromatic rings. The van der Waals surface area contributed by atoms with E-state index in [4.69, 9.17) is 0 Å². The molecular weight excluding hydrogens is 286 g/mol. The second kappa shape index (κ2) is 7.18. The molecule has 5 heteroatoms. The molecule has 108 valence electrons. The van der Waals surface area contributed by atoms with Gasteiger partial charge in [0, 0.05) is 17.7 Å². The van der Waals surface area contributed by atoms with Gasteiger partial charge in [0.1, 0.15) is 5.82 Å². The van der Waals surface area contributed by atoms with Crippen LogP contribution in [0.1, 0.15) is 25.2 Å². The Morgan fingerprint density at radius 3 is 2.45 bits per heavy atom. The number of rotatable bonds is 6. The van der Waals surface area contributed by atoms with Gasteiger partial charge in [-0.3, -0.25) is 0 Å². The van der Waals surface area contributed by atoms with Gasteiger partial charge in [0.15, 0.2) is 5.16 Å². The highest BCUT2D eigenvalue weighted by molar-refractivity contribution is 7.99. The van der Waals surface area contributed by atoms with E-state index in [2.05, 4.69) is 59.8 Å². The first-order chi connectivity index (χ1) is 9.56. The number of thioether (sulfide) groups is 2. The molecule has 2 rings (SSSR count). The number of benzene rings is 1. The predicted molar refractivity (Wildman–Crippen MR) is 87.3 cm³/mol. The smallest absolute Gasteiger partial charge is 0.190 e. The molecule has 0 spiro atoms. The van der Waals surface area contributed by atoms with Crippen molar-refractivity contribution in [3.8, 4) is 0 Å². The van der Waals surface area contributed by atoms with Crippen LogP contribution in [-0.2, 0) is 12.8 Å². The summed E-state index contributed by atoms with van der Waals surface area (Å²) in [5.74, 6) is 3.63. The summed E-state index contributed by atoms with van der Waals surface area (Å²) in [6, 6.07) is 8.60. The van der Waals surface area contributed by atoms with E-state index in [9.17, 15) is 0 Å². The Balaban J connectivity index is 1.94. The molecule has 0 bridgehead atoms. The van der Waals surface area contributed by atoms with Gasteiger partial charge in [0.2, 0.25) is 0 Å². The molecule has 1 aromatic heterocycles. The van der Waals surface area contributed by atoms with Crippen LogP contribution in [0.15, 0.2) is 34.3 Å². The van der Waals surface area contributed by atoms with E-state index in [0.29, 0.717) is 5.92 Å². The van der Waals surface area contributed by atoms with Crippen LogP contribution in [0.4, 0.5) is 0 Å². The fourth-order valence-electron chi connectivity index (χ4n) is 1.62. The van der Waals surface area contributed by atoms with Gasteiger partial charge in [-0.15, -0.1) is 22.0 Å². The molecule has 0 saturated heterocycles. The first kappa shape index (κ1) is 15.4. The van der Waals surface area contributed by atoms with Crippen molar-refractivity contribution in [1.29, 1.82) is 0 Å². The first-order valence-electron chi connectivity index (χ1n) is 6.77. The Morgan fingerprint density at radius 1 is 1.10 bits per heavy atom. The zero-order valence-electron chi connectivity index (χ0n) is 12.5. The number of nitrogens with zero attached hydrogens (tertiary/aromatic N) is 3. The van der Waals surface area contributed by atoms with Gasteiger partial charge < -0.3 is 4.57 Å². The average molecular weight is 307 g/mol. The second-order valence-electron chi connectivity index (χ2n) is 5.26. The van der Waals surface area contributed by atoms with Gasteiger partial charge in [-0.25, -0.2) is 0 Å². The van der Waals surface area contributed by atoms with Gasteiger partial charge in [-0.05, 0) is 25.0 Å². The summed E-state index contributed by atoms with van der Waals surface area (Å²) in [5, 5.41) is 9.59. The highest BCUT2D eigenvalue weighted by atomic mass is 32.2. The van der Waals surface area contributed by atoms with Crippen LogP contribution >= 0.6 is 23.5 Å². The van der Waals surface area contributed by atoms with Gasteiger partial charge >= 0.3 is 0 Å². The lowest BCUT2D eigenvalue weighted by Gasteiger charge is -2.05. The van der Waals surface area contributed by atoms with Crippen molar-refractivity contribution < 1.29 is 0 Å². The van der Waals surface area contributed by atoms with Crippen LogP contribution in [0.25, 0.3) is 0 Å². The lowest BCUT2D eigenvalue weighted by atomic mass is 10.2. The Labute approximate surface area is 129 Å². The zero-order valence-corrected chi connectivity index (χ0v) is 14.1. The van der Waals surface area contributed by atoms with Gasteiger partial charge in [-0.2, -0.15) is 0 Å². The maximum absolute atomic E-state index is 4.30. The maximum atomic E-state index is 4.30. The molecule has 0 aliphatic heterocycles. The third kappa shape index (κ3) is 4.28. The summed E-state index contributed by atoms with van der Waals surface area (Å²) in [4.78, 5) is 1.27.